The Morgan fingerprint density at radius 2 is 1.40 bits per heavy atom. The molecule has 6 heteroatoms. The fourth-order valence-electron chi connectivity index (χ4n) is 1.01. The van der Waals surface area contributed by atoms with Crippen molar-refractivity contribution in [2.75, 3.05) is 33.0 Å². The molecule has 0 rings (SSSR count). The Balaban J connectivity index is 4.26. The van der Waals surface area contributed by atoms with E-state index in [2.05, 4.69) is 0 Å². The molecule has 2 N–H and O–H groups in total. The standard InChI is InChI=1S/C9H23NO4Si/c1-4-8-13-15(11-5-2,12-6-3)14-9-7-10/h4-10H2,1-3H3. The van der Waals surface area contributed by atoms with Gasteiger partial charge in [-0.2, -0.15) is 0 Å². The molecular formula is C9H23NO4Si. The lowest BCUT2D eigenvalue weighted by molar-refractivity contribution is -0.0283. The zero-order valence-corrected chi connectivity index (χ0v) is 11.0. The second-order valence-electron chi connectivity index (χ2n) is 2.85. The highest BCUT2D eigenvalue weighted by atomic mass is 28.4. The molecule has 0 aromatic rings. The van der Waals surface area contributed by atoms with Crippen LogP contribution in [0.1, 0.15) is 27.2 Å². The first kappa shape index (κ1) is 15.0. The van der Waals surface area contributed by atoms with Crippen molar-refractivity contribution in [3.63, 3.8) is 0 Å². The minimum absolute atomic E-state index is 0.399. The molecule has 0 heterocycles. The molecule has 0 aliphatic heterocycles. The van der Waals surface area contributed by atoms with Crippen LogP contribution in [0.4, 0.5) is 0 Å². The van der Waals surface area contributed by atoms with E-state index in [1.165, 1.54) is 0 Å². The van der Waals surface area contributed by atoms with Crippen molar-refractivity contribution in [1.82, 2.24) is 0 Å². The van der Waals surface area contributed by atoms with Crippen LogP contribution in [-0.2, 0) is 17.7 Å². The highest BCUT2D eigenvalue weighted by Crippen LogP contribution is 2.12. The van der Waals surface area contributed by atoms with Gasteiger partial charge in [0, 0.05) is 26.4 Å². The quantitative estimate of drug-likeness (QED) is 0.572. The van der Waals surface area contributed by atoms with Crippen LogP contribution in [0.3, 0.4) is 0 Å². The molecule has 0 aromatic heterocycles. The smallest absolute Gasteiger partial charge is 0.351 e. The van der Waals surface area contributed by atoms with Crippen molar-refractivity contribution >= 4 is 9.05 Å². The van der Waals surface area contributed by atoms with Crippen molar-refractivity contribution < 1.29 is 17.7 Å². The first-order valence-electron chi connectivity index (χ1n) is 5.50. The Hall–Kier alpha value is 0.0169. The topological polar surface area (TPSA) is 62.9 Å². The first-order valence-corrected chi connectivity index (χ1v) is 7.13. The highest BCUT2D eigenvalue weighted by Gasteiger charge is 2.44. The summed E-state index contributed by atoms with van der Waals surface area (Å²) in [5.74, 6) is 0. The average Bonchev–Trinajstić information content (AvgIpc) is 2.24. The summed E-state index contributed by atoms with van der Waals surface area (Å²) < 4.78 is 22.1. The van der Waals surface area contributed by atoms with E-state index in [1.54, 1.807) is 0 Å². The third kappa shape index (κ3) is 6.24. The monoisotopic (exact) mass is 237 g/mol. The molecule has 0 amide bonds. The van der Waals surface area contributed by atoms with Gasteiger partial charge in [-0.1, -0.05) is 6.92 Å². The van der Waals surface area contributed by atoms with Crippen molar-refractivity contribution in [2.24, 2.45) is 5.73 Å². The molecule has 15 heavy (non-hydrogen) atoms. The van der Waals surface area contributed by atoms with Gasteiger partial charge in [-0.05, 0) is 20.3 Å². The minimum Gasteiger partial charge on any atom is -0.351 e. The maximum atomic E-state index is 5.58. The molecule has 0 bridgehead atoms. The number of rotatable bonds is 10. The van der Waals surface area contributed by atoms with Crippen LogP contribution in [0.15, 0.2) is 0 Å². The molecule has 0 aliphatic carbocycles. The second-order valence-corrected chi connectivity index (χ2v) is 5.01. The van der Waals surface area contributed by atoms with Gasteiger partial charge < -0.3 is 23.4 Å². The van der Waals surface area contributed by atoms with Gasteiger partial charge in [0.05, 0.1) is 6.61 Å². The van der Waals surface area contributed by atoms with Crippen molar-refractivity contribution in [2.45, 2.75) is 27.2 Å². The van der Waals surface area contributed by atoms with Gasteiger partial charge in [0.25, 0.3) is 0 Å². The largest absolute Gasteiger partial charge is 0.679 e. The molecule has 0 aliphatic rings. The van der Waals surface area contributed by atoms with Crippen molar-refractivity contribution in [3.8, 4) is 0 Å². The predicted octanol–water partition coefficient (Wildman–Crippen LogP) is 0.897. The van der Waals surface area contributed by atoms with Gasteiger partial charge in [-0.3, -0.25) is 0 Å². The SMILES string of the molecule is CCCO[Si](OCC)(OCC)OCCN. The summed E-state index contributed by atoms with van der Waals surface area (Å²) in [5.41, 5.74) is 5.39. The summed E-state index contributed by atoms with van der Waals surface area (Å²) in [4.78, 5) is 0. The molecule has 0 fully saturated rings. The molecule has 5 nitrogen and oxygen atoms in total. The van der Waals surface area contributed by atoms with Gasteiger partial charge in [0.15, 0.2) is 0 Å². The van der Waals surface area contributed by atoms with Gasteiger partial charge in [0.2, 0.25) is 0 Å². The van der Waals surface area contributed by atoms with E-state index in [0.29, 0.717) is 33.0 Å². The maximum Gasteiger partial charge on any atom is 0.679 e. The number of nitrogens with two attached hydrogens (primary N) is 1. The normalized spacial score (nSPS) is 12.0. The van der Waals surface area contributed by atoms with E-state index in [-0.39, 0.29) is 0 Å². The van der Waals surface area contributed by atoms with E-state index in [9.17, 15) is 0 Å². The zero-order chi connectivity index (χ0) is 11.6. The maximum absolute atomic E-state index is 5.58. The Morgan fingerprint density at radius 1 is 0.867 bits per heavy atom. The summed E-state index contributed by atoms with van der Waals surface area (Å²) in [6, 6.07) is 0. The summed E-state index contributed by atoms with van der Waals surface area (Å²) >= 11 is 0. The third-order valence-corrected chi connectivity index (χ3v) is 3.92. The fourth-order valence-corrected chi connectivity index (χ4v) is 3.04. The molecule has 0 atom stereocenters. The second kappa shape index (κ2) is 9.26. The summed E-state index contributed by atoms with van der Waals surface area (Å²) in [6.45, 7) is 8.25. The van der Waals surface area contributed by atoms with Crippen LogP contribution < -0.4 is 5.73 Å². The van der Waals surface area contributed by atoms with Gasteiger partial charge in [-0.25, -0.2) is 0 Å². The van der Waals surface area contributed by atoms with Crippen LogP contribution >= 0.6 is 0 Å². The van der Waals surface area contributed by atoms with E-state index < -0.39 is 9.05 Å². The summed E-state index contributed by atoms with van der Waals surface area (Å²) in [5, 5.41) is 0. The molecule has 0 radical (unpaired) electrons. The molecule has 92 valence electrons. The number of hydrogen-bond donors (Lipinski definition) is 1. The average molecular weight is 237 g/mol. The number of hydrogen-bond acceptors (Lipinski definition) is 5. The molecule has 0 spiro atoms. The Bertz CT molecular complexity index is 132. The Labute approximate surface area is 93.3 Å². The summed E-state index contributed by atoms with van der Waals surface area (Å²) in [6.07, 6.45) is 0.904. The Kier molecular flexibility index (Phi) is 9.27. The van der Waals surface area contributed by atoms with Gasteiger partial charge in [0.1, 0.15) is 0 Å². The van der Waals surface area contributed by atoms with Crippen molar-refractivity contribution in [3.05, 3.63) is 0 Å². The predicted molar refractivity (Wildman–Crippen MR) is 60.3 cm³/mol. The molecule has 0 saturated heterocycles. The lowest BCUT2D eigenvalue weighted by Crippen LogP contribution is -2.50. The van der Waals surface area contributed by atoms with Crippen LogP contribution in [0.5, 0.6) is 0 Å². The van der Waals surface area contributed by atoms with E-state index in [4.69, 9.17) is 23.4 Å². The first-order chi connectivity index (χ1) is 7.24. The van der Waals surface area contributed by atoms with Crippen LogP contribution in [0.2, 0.25) is 0 Å². The molecule has 0 saturated carbocycles. The fraction of sp³-hybridized carbons (Fsp3) is 1.00. The Morgan fingerprint density at radius 3 is 1.80 bits per heavy atom. The highest BCUT2D eigenvalue weighted by molar-refractivity contribution is 6.53. The molecular weight excluding hydrogens is 214 g/mol. The van der Waals surface area contributed by atoms with Crippen molar-refractivity contribution in [1.29, 1.82) is 0 Å². The van der Waals surface area contributed by atoms with Gasteiger partial charge in [-0.15, -0.1) is 0 Å². The van der Waals surface area contributed by atoms with E-state index in [0.717, 1.165) is 6.42 Å². The lowest BCUT2D eigenvalue weighted by atomic mass is 10.5. The molecule has 0 unspecified atom stereocenters. The minimum atomic E-state index is -2.92. The van der Waals surface area contributed by atoms with Crippen LogP contribution in [0, 0.1) is 0 Å². The molecule has 0 aromatic carbocycles. The van der Waals surface area contributed by atoms with Crippen LogP contribution in [-0.4, -0.2) is 42.0 Å². The zero-order valence-electron chi connectivity index (χ0n) is 9.95. The third-order valence-electron chi connectivity index (χ3n) is 1.52. The lowest BCUT2D eigenvalue weighted by Gasteiger charge is -2.26. The van der Waals surface area contributed by atoms with Crippen LogP contribution in [0.25, 0.3) is 0 Å². The van der Waals surface area contributed by atoms with Gasteiger partial charge >= 0.3 is 9.05 Å². The summed E-state index contributed by atoms with van der Waals surface area (Å²) in [7, 11) is -2.92. The van der Waals surface area contributed by atoms with E-state index >= 15 is 0 Å². The van der Waals surface area contributed by atoms with E-state index in [1.807, 2.05) is 20.8 Å².